The van der Waals surface area contributed by atoms with Crippen LogP contribution >= 0.6 is 15.9 Å². The van der Waals surface area contributed by atoms with Crippen LogP contribution in [-0.4, -0.2) is 24.0 Å². The first-order chi connectivity index (χ1) is 7.58. The van der Waals surface area contributed by atoms with E-state index in [-0.39, 0.29) is 11.7 Å². The zero-order chi connectivity index (χ0) is 12.1. The van der Waals surface area contributed by atoms with Gasteiger partial charge in [-0.2, -0.15) is 0 Å². The summed E-state index contributed by atoms with van der Waals surface area (Å²) in [6.07, 6.45) is 0. The number of rotatable bonds is 3. The lowest BCUT2D eigenvalue weighted by atomic mass is 10.3. The predicted molar refractivity (Wildman–Crippen MR) is 66.0 cm³/mol. The molecule has 1 N–H and O–H groups in total. The van der Waals surface area contributed by atoms with E-state index in [1.165, 1.54) is 12.1 Å². The number of nitrogens with one attached hydrogen (secondary N) is 1. The Kier molecular flexibility index (Phi) is 4.73. The van der Waals surface area contributed by atoms with E-state index in [1.807, 2.05) is 13.8 Å². The van der Waals surface area contributed by atoms with Crippen LogP contribution in [0.1, 0.15) is 13.8 Å². The molecule has 0 unspecified atom stereocenters. The molecule has 0 saturated carbocycles. The maximum atomic E-state index is 13.3. The van der Waals surface area contributed by atoms with Gasteiger partial charge in [-0.1, -0.05) is 15.9 Å². The van der Waals surface area contributed by atoms with Crippen molar-refractivity contribution in [3.63, 3.8) is 0 Å². The van der Waals surface area contributed by atoms with Gasteiger partial charge < -0.3 is 10.2 Å². The van der Waals surface area contributed by atoms with Gasteiger partial charge in [0.2, 0.25) is 0 Å². The van der Waals surface area contributed by atoms with E-state index in [0.717, 1.165) is 4.47 Å². The van der Waals surface area contributed by atoms with Crippen molar-refractivity contribution in [3.8, 4) is 0 Å². The molecule has 0 aliphatic heterocycles. The van der Waals surface area contributed by atoms with Crippen molar-refractivity contribution >= 4 is 27.6 Å². The highest BCUT2D eigenvalue weighted by molar-refractivity contribution is 9.10. The number of benzene rings is 1. The second kappa shape index (κ2) is 5.84. The van der Waals surface area contributed by atoms with Gasteiger partial charge in [0, 0.05) is 17.6 Å². The van der Waals surface area contributed by atoms with Crippen molar-refractivity contribution in [2.45, 2.75) is 13.8 Å². The first-order valence-electron chi connectivity index (χ1n) is 5.09. The number of halogens is 2. The van der Waals surface area contributed by atoms with Gasteiger partial charge in [-0.15, -0.1) is 0 Å². The van der Waals surface area contributed by atoms with Crippen molar-refractivity contribution in [1.82, 2.24) is 4.90 Å². The van der Waals surface area contributed by atoms with E-state index in [2.05, 4.69) is 21.2 Å². The summed E-state index contributed by atoms with van der Waals surface area (Å²) in [6, 6.07) is 4.14. The lowest BCUT2D eigenvalue weighted by Crippen LogP contribution is -2.34. The summed E-state index contributed by atoms with van der Waals surface area (Å²) in [4.78, 5) is 13.3. The van der Waals surface area contributed by atoms with Crippen LogP contribution in [0.15, 0.2) is 22.7 Å². The fraction of sp³-hybridized carbons (Fsp3) is 0.364. The van der Waals surface area contributed by atoms with E-state index >= 15 is 0 Å². The molecular weight excluding hydrogens is 275 g/mol. The molecule has 0 aromatic heterocycles. The summed E-state index contributed by atoms with van der Waals surface area (Å²) in [5.74, 6) is -0.441. The van der Waals surface area contributed by atoms with Gasteiger partial charge in [0.05, 0.1) is 5.69 Å². The van der Waals surface area contributed by atoms with Gasteiger partial charge in [0.1, 0.15) is 5.82 Å². The van der Waals surface area contributed by atoms with Crippen molar-refractivity contribution in [2.75, 3.05) is 18.4 Å². The standard InChI is InChI=1S/C11H14BrFN2O/c1-3-15(4-2)11(16)14-10-7-8(12)5-6-9(10)13/h5-7H,3-4H2,1-2H3,(H,14,16). The minimum absolute atomic E-state index is 0.186. The zero-order valence-electron chi connectivity index (χ0n) is 9.26. The monoisotopic (exact) mass is 288 g/mol. The van der Waals surface area contributed by atoms with Gasteiger partial charge in [-0.3, -0.25) is 0 Å². The summed E-state index contributed by atoms with van der Waals surface area (Å²) >= 11 is 3.23. The number of nitrogens with zero attached hydrogens (tertiary/aromatic N) is 1. The Bertz CT molecular complexity index is 380. The average molecular weight is 289 g/mol. The Balaban J connectivity index is 2.80. The maximum absolute atomic E-state index is 13.3. The first-order valence-corrected chi connectivity index (χ1v) is 5.88. The minimum Gasteiger partial charge on any atom is -0.325 e. The summed E-state index contributed by atoms with van der Waals surface area (Å²) in [5, 5.41) is 2.53. The second-order valence-corrected chi connectivity index (χ2v) is 4.14. The van der Waals surface area contributed by atoms with Crippen molar-refractivity contribution < 1.29 is 9.18 Å². The van der Waals surface area contributed by atoms with Gasteiger partial charge in [0.15, 0.2) is 0 Å². The van der Waals surface area contributed by atoms with Gasteiger partial charge in [0.25, 0.3) is 0 Å². The second-order valence-electron chi connectivity index (χ2n) is 3.23. The average Bonchev–Trinajstić information content (AvgIpc) is 2.25. The molecule has 0 aliphatic carbocycles. The molecule has 0 radical (unpaired) electrons. The summed E-state index contributed by atoms with van der Waals surface area (Å²) in [5.41, 5.74) is 0.186. The topological polar surface area (TPSA) is 32.3 Å². The summed E-state index contributed by atoms with van der Waals surface area (Å²) < 4.78 is 14.1. The molecule has 88 valence electrons. The number of carbonyl (C=O) groups is 1. The molecule has 0 spiro atoms. The zero-order valence-corrected chi connectivity index (χ0v) is 10.8. The Morgan fingerprint density at radius 3 is 2.62 bits per heavy atom. The first kappa shape index (κ1) is 13.0. The number of amides is 2. The molecule has 0 aliphatic rings. The Morgan fingerprint density at radius 1 is 1.44 bits per heavy atom. The largest absolute Gasteiger partial charge is 0.325 e. The third-order valence-electron chi connectivity index (χ3n) is 2.22. The van der Waals surface area contributed by atoms with Crippen LogP contribution in [0.4, 0.5) is 14.9 Å². The van der Waals surface area contributed by atoms with Crippen LogP contribution in [0.2, 0.25) is 0 Å². The Labute approximate surface area is 103 Å². The minimum atomic E-state index is -0.441. The number of carbonyl (C=O) groups excluding carboxylic acids is 1. The van der Waals surface area contributed by atoms with E-state index in [9.17, 15) is 9.18 Å². The third kappa shape index (κ3) is 3.20. The van der Waals surface area contributed by atoms with E-state index in [0.29, 0.717) is 13.1 Å². The fourth-order valence-corrected chi connectivity index (χ4v) is 1.66. The van der Waals surface area contributed by atoms with Crippen LogP contribution in [0.3, 0.4) is 0 Å². The third-order valence-corrected chi connectivity index (χ3v) is 2.71. The normalized spacial score (nSPS) is 10.0. The van der Waals surface area contributed by atoms with E-state index in [1.54, 1.807) is 11.0 Å². The molecule has 5 heteroatoms. The highest BCUT2D eigenvalue weighted by Crippen LogP contribution is 2.20. The molecule has 0 fully saturated rings. The Hall–Kier alpha value is -1.10. The van der Waals surface area contributed by atoms with Gasteiger partial charge in [-0.05, 0) is 32.0 Å². The fourth-order valence-electron chi connectivity index (χ4n) is 1.30. The molecule has 0 saturated heterocycles. The molecule has 0 atom stereocenters. The molecule has 1 aromatic carbocycles. The molecule has 1 rings (SSSR count). The van der Waals surface area contributed by atoms with Crippen molar-refractivity contribution in [3.05, 3.63) is 28.5 Å². The van der Waals surface area contributed by atoms with E-state index in [4.69, 9.17) is 0 Å². The summed E-state index contributed by atoms with van der Waals surface area (Å²) in [6.45, 7) is 4.94. The Morgan fingerprint density at radius 2 is 2.06 bits per heavy atom. The predicted octanol–water partition coefficient (Wildman–Crippen LogP) is 3.46. The van der Waals surface area contributed by atoms with Crippen molar-refractivity contribution in [1.29, 1.82) is 0 Å². The smallest absolute Gasteiger partial charge is 0.321 e. The van der Waals surface area contributed by atoms with Gasteiger partial charge >= 0.3 is 6.03 Å². The molecule has 1 aromatic rings. The van der Waals surface area contributed by atoms with Crippen LogP contribution in [0, 0.1) is 5.82 Å². The molecule has 16 heavy (non-hydrogen) atoms. The number of anilines is 1. The van der Waals surface area contributed by atoms with Crippen LogP contribution in [0.25, 0.3) is 0 Å². The number of hydrogen-bond acceptors (Lipinski definition) is 1. The molecule has 0 heterocycles. The molecule has 2 amide bonds. The molecule has 0 bridgehead atoms. The van der Waals surface area contributed by atoms with Crippen LogP contribution in [0.5, 0.6) is 0 Å². The molecule has 3 nitrogen and oxygen atoms in total. The lowest BCUT2D eigenvalue weighted by molar-refractivity contribution is 0.217. The quantitative estimate of drug-likeness (QED) is 0.908. The lowest BCUT2D eigenvalue weighted by Gasteiger charge is -2.19. The highest BCUT2D eigenvalue weighted by Gasteiger charge is 2.11. The highest BCUT2D eigenvalue weighted by atomic mass is 79.9. The van der Waals surface area contributed by atoms with Gasteiger partial charge in [-0.25, -0.2) is 9.18 Å². The summed E-state index contributed by atoms with van der Waals surface area (Å²) in [7, 11) is 0. The van der Waals surface area contributed by atoms with Crippen LogP contribution in [-0.2, 0) is 0 Å². The van der Waals surface area contributed by atoms with Crippen LogP contribution < -0.4 is 5.32 Å². The van der Waals surface area contributed by atoms with Crippen molar-refractivity contribution in [2.24, 2.45) is 0 Å². The number of hydrogen-bond donors (Lipinski definition) is 1. The number of urea groups is 1. The molecular formula is C11H14BrFN2O. The SMILES string of the molecule is CCN(CC)C(=O)Nc1cc(Br)ccc1F. The maximum Gasteiger partial charge on any atom is 0.321 e. The van der Waals surface area contributed by atoms with E-state index < -0.39 is 5.82 Å².